The van der Waals surface area contributed by atoms with Gasteiger partial charge < -0.3 is 4.90 Å². The van der Waals surface area contributed by atoms with E-state index in [9.17, 15) is 12.8 Å². The van der Waals surface area contributed by atoms with Crippen LogP contribution in [0.15, 0.2) is 12.3 Å². The number of sulfonamides is 1. The Bertz CT molecular complexity index is 537. The number of primary sulfonamides is 1. The summed E-state index contributed by atoms with van der Waals surface area (Å²) in [6.45, 7) is 0.567. The molecule has 1 fully saturated rings. The molecule has 0 aromatic carbocycles. The van der Waals surface area contributed by atoms with Crippen LogP contribution in [0.4, 0.5) is 10.2 Å². The number of nitrogens with zero attached hydrogens (tertiary/aromatic N) is 2. The number of halogens is 2. The van der Waals surface area contributed by atoms with Gasteiger partial charge in [0, 0.05) is 19.3 Å². The van der Waals surface area contributed by atoms with Gasteiger partial charge in [0.1, 0.15) is 0 Å². The van der Waals surface area contributed by atoms with Crippen molar-refractivity contribution in [1.29, 1.82) is 0 Å². The van der Waals surface area contributed by atoms with Crippen LogP contribution in [0.2, 0.25) is 5.02 Å². The predicted molar refractivity (Wildman–Crippen MR) is 62.9 cm³/mol. The highest BCUT2D eigenvalue weighted by Gasteiger charge is 2.32. The molecule has 1 aromatic rings. The third-order valence-corrected chi connectivity index (χ3v) is 4.22. The van der Waals surface area contributed by atoms with Gasteiger partial charge in [-0.15, -0.1) is 0 Å². The van der Waals surface area contributed by atoms with Crippen LogP contribution in [0.5, 0.6) is 0 Å². The number of nitrogens with two attached hydrogens (primary N) is 1. The minimum atomic E-state index is -3.58. The normalized spacial score (nSPS) is 20.9. The van der Waals surface area contributed by atoms with E-state index in [2.05, 4.69) is 4.98 Å². The smallest absolute Gasteiger partial charge is 0.213 e. The molecular weight excluding hydrogens is 269 g/mol. The fourth-order valence-electron chi connectivity index (χ4n) is 1.83. The van der Waals surface area contributed by atoms with Crippen molar-refractivity contribution < 1.29 is 12.8 Å². The molecule has 1 aliphatic heterocycles. The summed E-state index contributed by atoms with van der Waals surface area (Å²) in [5.74, 6) is -0.451. The molecule has 1 atom stereocenters. The van der Waals surface area contributed by atoms with Crippen LogP contribution in [0, 0.1) is 5.82 Å². The van der Waals surface area contributed by atoms with Gasteiger partial charge in [0.25, 0.3) is 0 Å². The molecule has 1 aliphatic rings. The first-order valence-corrected chi connectivity index (χ1v) is 6.94. The molecule has 2 N–H and O–H groups in total. The van der Waals surface area contributed by atoms with Crippen molar-refractivity contribution in [2.75, 3.05) is 18.0 Å². The van der Waals surface area contributed by atoms with Gasteiger partial charge in [-0.05, 0) is 12.5 Å². The van der Waals surface area contributed by atoms with Crippen molar-refractivity contribution in [2.24, 2.45) is 5.14 Å². The summed E-state index contributed by atoms with van der Waals surface area (Å²) in [6.07, 6.45) is 1.70. The maximum absolute atomic E-state index is 13.6. The molecule has 0 unspecified atom stereocenters. The molecule has 1 saturated heterocycles. The maximum atomic E-state index is 13.6. The van der Waals surface area contributed by atoms with Crippen molar-refractivity contribution >= 4 is 27.4 Å². The summed E-state index contributed by atoms with van der Waals surface area (Å²) in [5.41, 5.74) is 0. The van der Waals surface area contributed by atoms with Gasteiger partial charge in [0.2, 0.25) is 10.0 Å². The first kappa shape index (κ1) is 12.5. The topological polar surface area (TPSA) is 76.3 Å². The number of pyridine rings is 1. The molecule has 0 aliphatic carbocycles. The lowest BCUT2D eigenvalue weighted by atomic mass is 10.4. The van der Waals surface area contributed by atoms with Crippen LogP contribution in [0.25, 0.3) is 0 Å². The first-order chi connectivity index (χ1) is 7.88. The SMILES string of the molecule is NS(=O)(=O)[C@H]1CCN(c2ncc(Cl)cc2F)C1. The maximum Gasteiger partial charge on any atom is 0.213 e. The molecular formula is C9H11ClFN3O2S. The number of hydrogen-bond donors (Lipinski definition) is 1. The van der Waals surface area contributed by atoms with Gasteiger partial charge in [-0.25, -0.2) is 22.9 Å². The molecule has 0 amide bonds. The first-order valence-electron chi connectivity index (χ1n) is 4.95. The second-order valence-electron chi connectivity index (χ2n) is 3.90. The molecule has 0 saturated carbocycles. The lowest BCUT2D eigenvalue weighted by molar-refractivity contribution is 0.584. The molecule has 0 spiro atoms. The van der Waals surface area contributed by atoms with Crippen LogP contribution in [-0.2, 0) is 10.0 Å². The van der Waals surface area contributed by atoms with Gasteiger partial charge >= 0.3 is 0 Å². The number of rotatable bonds is 2. The van der Waals surface area contributed by atoms with Gasteiger partial charge in [0.05, 0.1) is 10.3 Å². The summed E-state index contributed by atoms with van der Waals surface area (Å²) in [5, 5.41) is 4.59. The van der Waals surface area contributed by atoms with E-state index in [1.54, 1.807) is 4.90 Å². The molecule has 0 bridgehead atoms. The van der Waals surface area contributed by atoms with Crippen LogP contribution in [0.1, 0.15) is 6.42 Å². The van der Waals surface area contributed by atoms with E-state index >= 15 is 0 Å². The van der Waals surface area contributed by atoms with E-state index in [-0.39, 0.29) is 17.4 Å². The Morgan fingerprint density at radius 1 is 1.59 bits per heavy atom. The molecule has 1 aromatic heterocycles. The Kier molecular flexibility index (Phi) is 3.24. The van der Waals surface area contributed by atoms with Crippen LogP contribution < -0.4 is 10.0 Å². The zero-order valence-electron chi connectivity index (χ0n) is 8.81. The van der Waals surface area contributed by atoms with Gasteiger partial charge in [-0.3, -0.25) is 0 Å². The summed E-state index contributed by atoms with van der Waals surface area (Å²) in [7, 11) is -3.58. The summed E-state index contributed by atoms with van der Waals surface area (Å²) in [4.78, 5) is 5.42. The van der Waals surface area contributed by atoms with E-state index in [1.807, 2.05) is 0 Å². The Balaban J connectivity index is 2.21. The number of hydrogen-bond acceptors (Lipinski definition) is 4. The Hall–Kier alpha value is -0.920. The minimum Gasteiger partial charge on any atom is -0.353 e. The Labute approximate surface area is 103 Å². The summed E-state index contributed by atoms with van der Waals surface area (Å²) >= 11 is 5.59. The highest BCUT2D eigenvalue weighted by molar-refractivity contribution is 7.89. The molecule has 0 radical (unpaired) electrons. The van der Waals surface area contributed by atoms with E-state index in [4.69, 9.17) is 16.7 Å². The van der Waals surface area contributed by atoms with E-state index < -0.39 is 21.1 Å². The quantitative estimate of drug-likeness (QED) is 0.866. The lowest BCUT2D eigenvalue weighted by Crippen LogP contribution is -2.32. The Morgan fingerprint density at radius 2 is 2.29 bits per heavy atom. The van der Waals surface area contributed by atoms with Gasteiger partial charge in [0.15, 0.2) is 11.6 Å². The summed E-state index contributed by atoms with van der Waals surface area (Å²) < 4.78 is 35.9. The monoisotopic (exact) mass is 279 g/mol. The molecule has 8 heteroatoms. The zero-order valence-corrected chi connectivity index (χ0v) is 10.4. The molecule has 5 nitrogen and oxygen atoms in total. The second-order valence-corrected chi connectivity index (χ2v) is 6.19. The minimum absolute atomic E-state index is 0.112. The highest BCUT2D eigenvalue weighted by Crippen LogP contribution is 2.25. The van der Waals surface area contributed by atoms with Crippen LogP contribution >= 0.6 is 11.6 Å². The number of aromatic nitrogens is 1. The van der Waals surface area contributed by atoms with Crippen LogP contribution in [0.3, 0.4) is 0 Å². The highest BCUT2D eigenvalue weighted by atomic mass is 35.5. The predicted octanol–water partition coefficient (Wildman–Crippen LogP) is 0.741. The molecule has 17 heavy (non-hydrogen) atoms. The van der Waals surface area contributed by atoms with Crippen molar-refractivity contribution in [3.05, 3.63) is 23.1 Å². The standard InChI is InChI=1S/C9H11ClFN3O2S/c10-6-3-8(11)9(13-4-6)14-2-1-7(5-14)17(12,15)16/h3-4,7H,1-2,5H2,(H2,12,15,16)/t7-/m0/s1. The zero-order chi connectivity index (χ0) is 12.6. The van der Waals surface area contributed by atoms with E-state index in [0.717, 1.165) is 6.07 Å². The summed E-state index contributed by atoms with van der Waals surface area (Å²) in [6, 6.07) is 1.15. The van der Waals surface area contributed by atoms with Gasteiger partial charge in [-0.2, -0.15) is 0 Å². The van der Waals surface area contributed by atoms with Gasteiger partial charge in [-0.1, -0.05) is 11.6 Å². The van der Waals surface area contributed by atoms with Crippen LogP contribution in [-0.4, -0.2) is 31.7 Å². The number of anilines is 1. The third-order valence-electron chi connectivity index (χ3n) is 2.70. The van der Waals surface area contributed by atoms with Crippen molar-refractivity contribution in [3.63, 3.8) is 0 Å². The molecule has 2 heterocycles. The molecule has 94 valence electrons. The fourth-order valence-corrected chi connectivity index (χ4v) is 2.80. The largest absolute Gasteiger partial charge is 0.353 e. The lowest BCUT2D eigenvalue weighted by Gasteiger charge is -2.17. The van der Waals surface area contributed by atoms with E-state index in [1.165, 1.54) is 6.20 Å². The average Bonchev–Trinajstić information content (AvgIpc) is 2.65. The van der Waals surface area contributed by atoms with Crippen molar-refractivity contribution in [2.45, 2.75) is 11.7 Å². The van der Waals surface area contributed by atoms with Crippen molar-refractivity contribution in [3.8, 4) is 0 Å². The second kappa shape index (κ2) is 4.40. The molecule has 2 rings (SSSR count). The van der Waals surface area contributed by atoms with Crippen molar-refractivity contribution in [1.82, 2.24) is 4.98 Å². The average molecular weight is 280 g/mol. The van der Waals surface area contributed by atoms with E-state index in [0.29, 0.717) is 13.0 Å². The Morgan fingerprint density at radius 3 is 2.82 bits per heavy atom. The fraction of sp³-hybridized carbons (Fsp3) is 0.444. The third kappa shape index (κ3) is 2.67.